The van der Waals surface area contributed by atoms with Crippen LogP contribution in [-0.2, 0) is 14.8 Å². The van der Waals surface area contributed by atoms with Crippen molar-refractivity contribution in [3.8, 4) is 0 Å². The molecule has 0 aromatic heterocycles. The summed E-state index contributed by atoms with van der Waals surface area (Å²) in [6.07, 6.45) is 1.33. The van der Waals surface area contributed by atoms with Crippen LogP contribution in [0.5, 0.6) is 0 Å². The van der Waals surface area contributed by atoms with Gasteiger partial charge in [-0.15, -0.1) is 0 Å². The van der Waals surface area contributed by atoms with Gasteiger partial charge in [-0.05, 0) is 26.3 Å². The Balaban J connectivity index is 2.81. The molecule has 0 fully saturated rings. The predicted molar refractivity (Wildman–Crippen MR) is 84.3 cm³/mol. The normalized spacial score (nSPS) is 13.4. The zero-order valence-electron chi connectivity index (χ0n) is 13.0. The Labute approximate surface area is 127 Å². The molecule has 118 valence electrons. The molecule has 5 nitrogen and oxygen atoms in total. The van der Waals surface area contributed by atoms with E-state index in [1.165, 1.54) is 10.6 Å². The second kappa shape index (κ2) is 7.56. The molecular weight excluding hydrogens is 288 g/mol. The molecule has 0 aliphatic heterocycles. The van der Waals surface area contributed by atoms with Gasteiger partial charge in [0.2, 0.25) is 15.9 Å². The Kier molecular flexibility index (Phi) is 6.36. The van der Waals surface area contributed by atoms with Gasteiger partial charge in [0.1, 0.15) is 0 Å². The highest BCUT2D eigenvalue weighted by Crippen LogP contribution is 2.22. The molecule has 1 atom stereocenters. The molecule has 21 heavy (non-hydrogen) atoms. The van der Waals surface area contributed by atoms with E-state index in [4.69, 9.17) is 0 Å². The lowest BCUT2D eigenvalue weighted by Gasteiger charge is -2.27. The lowest BCUT2D eigenvalue weighted by atomic mass is 10.1. The number of carbonyl (C=O) groups excluding carboxylic acids is 1. The van der Waals surface area contributed by atoms with Crippen molar-refractivity contribution in [2.75, 3.05) is 12.8 Å². The molecule has 0 aliphatic rings. The van der Waals surface area contributed by atoms with Crippen LogP contribution in [0.2, 0.25) is 0 Å². The number of nitrogens with zero attached hydrogens (tertiary/aromatic N) is 1. The van der Waals surface area contributed by atoms with Crippen LogP contribution < -0.4 is 5.32 Å². The van der Waals surface area contributed by atoms with Crippen LogP contribution in [0.25, 0.3) is 0 Å². The van der Waals surface area contributed by atoms with Gasteiger partial charge in [-0.3, -0.25) is 4.79 Å². The first-order valence-corrected chi connectivity index (χ1v) is 8.87. The average molecular weight is 312 g/mol. The van der Waals surface area contributed by atoms with Crippen molar-refractivity contribution < 1.29 is 13.2 Å². The summed E-state index contributed by atoms with van der Waals surface area (Å²) < 4.78 is 25.3. The van der Waals surface area contributed by atoms with Crippen LogP contribution in [0.3, 0.4) is 0 Å². The van der Waals surface area contributed by atoms with E-state index in [0.717, 1.165) is 5.56 Å². The number of nitrogens with one attached hydrogen (secondary N) is 1. The van der Waals surface area contributed by atoms with E-state index < -0.39 is 10.0 Å². The number of rotatable bonds is 7. The first kappa shape index (κ1) is 17.7. The van der Waals surface area contributed by atoms with Crippen molar-refractivity contribution >= 4 is 15.9 Å². The smallest absolute Gasteiger partial charge is 0.221 e. The monoisotopic (exact) mass is 312 g/mol. The third-order valence-electron chi connectivity index (χ3n) is 3.15. The highest BCUT2D eigenvalue weighted by Gasteiger charge is 2.25. The number of hydrogen-bond donors (Lipinski definition) is 1. The predicted octanol–water partition coefficient (Wildman–Crippen LogP) is 1.92. The minimum absolute atomic E-state index is 0.0516. The summed E-state index contributed by atoms with van der Waals surface area (Å²) in [4.78, 5) is 11.7. The fourth-order valence-corrected chi connectivity index (χ4v) is 3.27. The summed E-state index contributed by atoms with van der Waals surface area (Å²) in [5.41, 5.74) is 0.909. The third-order valence-corrected chi connectivity index (χ3v) is 4.50. The lowest BCUT2D eigenvalue weighted by Crippen LogP contribution is -2.37. The van der Waals surface area contributed by atoms with Crippen LogP contribution >= 0.6 is 0 Å². The summed E-state index contributed by atoms with van der Waals surface area (Å²) in [7, 11) is -3.38. The summed E-state index contributed by atoms with van der Waals surface area (Å²) in [5.74, 6) is -0.140. The second-order valence-electron chi connectivity index (χ2n) is 5.43. The maximum absolute atomic E-state index is 12.0. The number of hydrogen-bond acceptors (Lipinski definition) is 3. The number of carbonyl (C=O) groups is 1. The minimum atomic E-state index is -3.38. The number of sulfonamides is 1. The molecule has 0 heterocycles. The van der Waals surface area contributed by atoms with Gasteiger partial charge in [0, 0.05) is 25.0 Å². The maximum atomic E-state index is 12.0. The largest absolute Gasteiger partial charge is 0.354 e. The van der Waals surface area contributed by atoms with Gasteiger partial charge < -0.3 is 5.32 Å². The zero-order chi connectivity index (χ0) is 16.0. The Morgan fingerprint density at radius 1 is 1.19 bits per heavy atom. The van der Waals surface area contributed by atoms with Crippen molar-refractivity contribution in [3.05, 3.63) is 35.9 Å². The average Bonchev–Trinajstić information content (AvgIpc) is 2.37. The van der Waals surface area contributed by atoms with Crippen LogP contribution in [0, 0.1) is 0 Å². The lowest BCUT2D eigenvalue weighted by molar-refractivity contribution is -0.121. The molecule has 0 bridgehead atoms. The summed E-state index contributed by atoms with van der Waals surface area (Å²) in [5, 5.41) is 2.77. The molecule has 0 saturated carbocycles. The third kappa shape index (κ3) is 5.85. The Hall–Kier alpha value is -1.40. The fraction of sp³-hybridized carbons (Fsp3) is 0.533. The fourth-order valence-electron chi connectivity index (χ4n) is 2.15. The Morgan fingerprint density at radius 3 is 2.24 bits per heavy atom. The van der Waals surface area contributed by atoms with E-state index in [1.54, 1.807) is 0 Å². The Morgan fingerprint density at radius 2 is 1.76 bits per heavy atom. The maximum Gasteiger partial charge on any atom is 0.221 e. The van der Waals surface area contributed by atoms with E-state index in [0.29, 0.717) is 0 Å². The molecule has 1 aromatic rings. The molecule has 1 rings (SSSR count). The van der Waals surface area contributed by atoms with Gasteiger partial charge in [-0.1, -0.05) is 30.3 Å². The molecule has 1 unspecified atom stereocenters. The first-order valence-electron chi connectivity index (χ1n) is 7.03. The molecule has 0 spiro atoms. The second-order valence-corrected chi connectivity index (χ2v) is 7.37. The molecule has 0 saturated heterocycles. The summed E-state index contributed by atoms with van der Waals surface area (Å²) >= 11 is 0. The van der Waals surface area contributed by atoms with E-state index in [2.05, 4.69) is 5.32 Å². The highest BCUT2D eigenvalue weighted by atomic mass is 32.2. The van der Waals surface area contributed by atoms with Gasteiger partial charge in [-0.2, -0.15) is 4.31 Å². The van der Waals surface area contributed by atoms with Gasteiger partial charge in [0.25, 0.3) is 0 Å². The summed E-state index contributed by atoms with van der Waals surface area (Å²) in [6.45, 7) is 5.75. The number of benzene rings is 1. The van der Waals surface area contributed by atoms with E-state index in [9.17, 15) is 13.2 Å². The van der Waals surface area contributed by atoms with E-state index >= 15 is 0 Å². The molecule has 1 aromatic carbocycles. The molecule has 0 aliphatic carbocycles. The first-order chi connectivity index (χ1) is 9.71. The summed E-state index contributed by atoms with van der Waals surface area (Å²) in [6, 6.07) is 9.16. The van der Waals surface area contributed by atoms with Gasteiger partial charge >= 0.3 is 0 Å². The molecular formula is C15H24N2O3S. The Bertz CT molecular complexity index is 556. The van der Waals surface area contributed by atoms with Crippen LogP contribution in [0.15, 0.2) is 30.3 Å². The van der Waals surface area contributed by atoms with Crippen molar-refractivity contribution in [2.24, 2.45) is 0 Å². The minimum Gasteiger partial charge on any atom is -0.354 e. The standard InChI is InChI=1S/C15H24N2O3S/c1-12(2)16-15(18)10-11-17(21(4,19)20)13(3)14-8-6-5-7-9-14/h5-9,12-13H,10-11H2,1-4H3,(H,16,18). The van der Waals surface area contributed by atoms with Crippen molar-refractivity contribution in [1.29, 1.82) is 0 Å². The van der Waals surface area contributed by atoms with Crippen molar-refractivity contribution in [2.45, 2.75) is 39.3 Å². The SMILES string of the molecule is CC(C)NC(=O)CCN(C(C)c1ccccc1)S(C)(=O)=O. The molecule has 0 radical (unpaired) electrons. The van der Waals surface area contributed by atoms with E-state index in [1.807, 2.05) is 51.1 Å². The number of amides is 1. The topological polar surface area (TPSA) is 66.5 Å². The van der Waals surface area contributed by atoms with Gasteiger partial charge in [0.05, 0.1) is 6.26 Å². The molecule has 1 N–H and O–H groups in total. The zero-order valence-corrected chi connectivity index (χ0v) is 13.9. The van der Waals surface area contributed by atoms with Crippen LogP contribution in [-0.4, -0.2) is 37.5 Å². The van der Waals surface area contributed by atoms with Gasteiger partial charge in [-0.25, -0.2) is 8.42 Å². The quantitative estimate of drug-likeness (QED) is 0.836. The van der Waals surface area contributed by atoms with E-state index in [-0.39, 0.29) is 31.0 Å². The highest BCUT2D eigenvalue weighted by molar-refractivity contribution is 7.88. The van der Waals surface area contributed by atoms with Crippen molar-refractivity contribution in [1.82, 2.24) is 9.62 Å². The molecule has 1 amide bonds. The van der Waals surface area contributed by atoms with Gasteiger partial charge in [0.15, 0.2) is 0 Å². The van der Waals surface area contributed by atoms with Crippen LogP contribution in [0.4, 0.5) is 0 Å². The molecule has 6 heteroatoms. The van der Waals surface area contributed by atoms with Crippen LogP contribution in [0.1, 0.15) is 38.8 Å². The van der Waals surface area contributed by atoms with Crippen molar-refractivity contribution in [3.63, 3.8) is 0 Å².